The third-order valence-corrected chi connectivity index (χ3v) is 16.9. The second kappa shape index (κ2) is 11.5. The molecule has 9 heteroatoms. The number of allylic oxidation sites excluding steroid dienone is 2. The van der Waals surface area contributed by atoms with Crippen molar-refractivity contribution in [1.82, 2.24) is 0 Å². The molecular weight excluding hydrogens is 658 g/mol. The summed E-state index contributed by atoms with van der Waals surface area (Å²) in [5, 5.41) is 60.2. The fourth-order valence-corrected chi connectivity index (χ4v) is 14.1. The van der Waals surface area contributed by atoms with Crippen LogP contribution in [0.15, 0.2) is 42.0 Å². The Morgan fingerprint density at radius 2 is 1.85 bits per heavy atom. The van der Waals surface area contributed by atoms with Crippen LogP contribution in [0.3, 0.4) is 0 Å². The van der Waals surface area contributed by atoms with Crippen LogP contribution in [0.2, 0.25) is 0 Å². The summed E-state index contributed by atoms with van der Waals surface area (Å²) in [5.74, 6) is -0.455. The smallest absolute Gasteiger partial charge is 0.227 e. The Labute approximate surface area is 307 Å². The van der Waals surface area contributed by atoms with Gasteiger partial charge in [-0.15, -0.1) is 0 Å². The van der Waals surface area contributed by atoms with E-state index in [4.69, 9.17) is 4.74 Å². The van der Waals surface area contributed by atoms with Crippen LogP contribution in [-0.4, -0.2) is 79.4 Å². The largest absolute Gasteiger partial charge is 0.508 e. The Bertz CT molecular complexity index is 1760. The van der Waals surface area contributed by atoms with Crippen LogP contribution < -0.4 is 4.90 Å². The van der Waals surface area contributed by atoms with Crippen molar-refractivity contribution >= 4 is 17.4 Å². The van der Waals surface area contributed by atoms with Crippen molar-refractivity contribution < 1.29 is 39.9 Å². The highest BCUT2D eigenvalue weighted by atomic mass is 16.6. The number of phenolic OH excluding ortho intramolecular Hbond substituents is 1. The van der Waals surface area contributed by atoms with E-state index in [1.807, 2.05) is 6.07 Å². The molecule has 14 atom stereocenters. The second-order valence-corrected chi connectivity index (χ2v) is 18.9. The lowest BCUT2D eigenvalue weighted by Gasteiger charge is -2.68. The van der Waals surface area contributed by atoms with Crippen LogP contribution in [0.25, 0.3) is 0 Å². The number of hydrogen-bond donors (Lipinski definition) is 5. The van der Waals surface area contributed by atoms with E-state index in [2.05, 4.69) is 39.8 Å². The van der Waals surface area contributed by atoms with Gasteiger partial charge in [0.2, 0.25) is 5.91 Å². The third-order valence-electron chi connectivity index (χ3n) is 16.9. The van der Waals surface area contributed by atoms with Gasteiger partial charge in [-0.1, -0.05) is 39.8 Å². The molecule has 0 unspecified atom stereocenters. The Balaban J connectivity index is 1.18. The number of aryl methyl sites for hydroxylation is 1. The summed E-state index contributed by atoms with van der Waals surface area (Å²) in [7, 11) is 0. The van der Waals surface area contributed by atoms with Gasteiger partial charge in [0.15, 0.2) is 5.78 Å². The lowest BCUT2D eigenvalue weighted by molar-refractivity contribution is -0.205. The Hall–Kier alpha value is -2.56. The van der Waals surface area contributed by atoms with Gasteiger partial charge in [-0.2, -0.15) is 0 Å². The van der Waals surface area contributed by atoms with Crippen molar-refractivity contribution in [1.29, 1.82) is 0 Å². The van der Waals surface area contributed by atoms with E-state index in [9.17, 15) is 35.1 Å². The van der Waals surface area contributed by atoms with Crippen molar-refractivity contribution in [2.24, 2.45) is 51.8 Å². The Morgan fingerprint density at radius 3 is 2.58 bits per heavy atom. The van der Waals surface area contributed by atoms with Crippen LogP contribution in [0.5, 0.6) is 5.75 Å². The molecular formula is C43H57NO8. The maximum Gasteiger partial charge on any atom is 0.227 e. The first-order valence-corrected chi connectivity index (χ1v) is 20.2. The molecule has 282 valence electrons. The molecule has 1 spiro atoms. The zero-order chi connectivity index (χ0) is 36.7. The molecule has 1 amide bonds. The lowest BCUT2D eigenvalue weighted by Crippen LogP contribution is -2.69. The van der Waals surface area contributed by atoms with Crippen molar-refractivity contribution in [3.63, 3.8) is 0 Å². The maximum atomic E-state index is 14.3. The number of ketones is 1. The first-order valence-electron chi connectivity index (χ1n) is 20.2. The minimum absolute atomic E-state index is 0.0460. The molecule has 2 heterocycles. The summed E-state index contributed by atoms with van der Waals surface area (Å²) in [6.45, 7) is 9.32. The number of amides is 1. The van der Waals surface area contributed by atoms with Gasteiger partial charge in [-0.3, -0.25) is 9.59 Å². The van der Waals surface area contributed by atoms with E-state index in [-0.39, 0.29) is 59.7 Å². The minimum Gasteiger partial charge on any atom is -0.508 e. The van der Waals surface area contributed by atoms with Crippen LogP contribution >= 0.6 is 0 Å². The number of carbonyl (C=O) groups excluding carboxylic acids is 2. The average molecular weight is 716 g/mol. The fourth-order valence-electron chi connectivity index (χ4n) is 14.1. The number of aliphatic hydroxyl groups is 4. The standard InChI is InChI=1S/C43H57NO8/c1-23(2)24(3)37-38(52-37)42(50)12-5-7-26-22-40-13-10-29-36(49)32(47)20-30(39(29,40)4)31(46)21-34(40)43(51)15-11-33(42)41(26,43)14-9-25-17-27(19-28(45)18-25)44-16-6-8-35(44)48/h5,7,17-19,21,23-24,26,29-30,32-33,36-38,45,47,49-51H,6,8-16,20,22H2,1-4H3/t24-,26+,29+,30+,32-,33+,36+,37-,38-,39+,40+,41-,42+,43+/m1/s1. The van der Waals surface area contributed by atoms with E-state index < -0.39 is 45.6 Å². The van der Waals surface area contributed by atoms with Crippen LogP contribution in [-0.2, 0) is 20.7 Å². The Kier molecular flexibility index (Phi) is 7.76. The van der Waals surface area contributed by atoms with E-state index in [1.54, 1.807) is 23.1 Å². The summed E-state index contributed by atoms with van der Waals surface area (Å²) in [6, 6.07) is 5.38. The maximum absolute atomic E-state index is 14.3. The summed E-state index contributed by atoms with van der Waals surface area (Å²) in [4.78, 5) is 28.8. The van der Waals surface area contributed by atoms with Crippen LogP contribution in [0.4, 0.5) is 5.69 Å². The monoisotopic (exact) mass is 715 g/mol. The van der Waals surface area contributed by atoms with E-state index in [1.165, 1.54) is 0 Å². The number of epoxide rings is 1. The number of anilines is 1. The quantitative estimate of drug-likeness (QED) is 0.196. The molecule has 0 bridgehead atoms. The highest BCUT2D eigenvalue weighted by molar-refractivity contribution is 5.96. The highest BCUT2D eigenvalue weighted by Gasteiger charge is 2.80. The Morgan fingerprint density at radius 1 is 1.06 bits per heavy atom. The van der Waals surface area contributed by atoms with Gasteiger partial charge in [-0.25, -0.2) is 0 Å². The minimum atomic E-state index is -1.42. The number of nitrogens with zero attached hydrogens (tertiary/aromatic N) is 1. The van der Waals surface area contributed by atoms with Gasteiger partial charge < -0.3 is 35.2 Å². The molecule has 9 rings (SSSR count). The van der Waals surface area contributed by atoms with Crippen molar-refractivity contribution in [2.75, 3.05) is 11.4 Å². The number of carbonyl (C=O) groups is 2. The fraction of sp³-hybridized carbons (Fsp3) is 0.721. The molecule has 6 fully saturated rings. The molecule has 6 aliphatic carbocycles. The second-order valence-electron chi connectivity index (χ2n) is 18.9. The van der Waals surface area contributed by atoms with Crippen molar-refractivity contribution in [2.45, 2.75) is 134 Å². The topological polar surface area (TPSA) is 151 Å². The molecule has 52 heavy (non-hydrogen) atoms. The van der Waals surface area contributed by atoms with E-state index >= 15 is 0 Å². The van der Waals surface area contributed by atoms with E-state index in [0.717, 1.165) is 24.0 Å². The zero-order valence-corrected chi connectivity index (χ0v) is 31.1. The molecule has 2 saturated heterocycles. The number of benzene rings is 1. The number of fused-ring (bicyclic) bond motifs is 1. The molecule has 2 aliphatic heterocycles. The zero-order valence-electron chi connectivity index (χ0n) is 31.1. The SMILES string of the molecule is CC(C)[C@@H](C)[C@H]1O[C@H]1[C@]1(O)CC=C[C@H]2C[C@@]34CC[C@H]5[C@H](O)[C@H](O)C[C@@H](C(=O)C=C3[C@@]3(O)CC[C@H]1[C@@]23CCc1cc(O)cc(N2CCCC2=O)c1)[C@]54C. The molecule has 0 aromatic heterocycles. The summed E-state index contributed by atoms with van der Waals surface area (Å²) >= 11 is 0. The molecule has 9 nitrogen and oxygen atoms in total. The van der Waals surface area contributed by atoms with Gasteiger partial charge in [0.05, 0.1) is 23.9 Å². The third kappa shape index (κ3) is 4.35. The molecule has 8 aliphatic rings. The highest BCUT2D eigenvalue weighted by Crippen LogP contribution is 2.80. The van der Waals surface area contributed by atoms with Gasteiger partial charge >= 0.3 is 0 Å². The molecule has 5 N–H and O–H groups in total. The molecule has 1 aromatic carbocycles. The summed E-state index contributed by atoms with van der Waals surface area (Å²) < 4.78 is 6.43. The molecule has 0 radical (unpaired) electrons. The van der Waals surface area contributed by atoms with Crippen LogP contribution in [0.1, 0.15) is 97.5 Å². The van der Waals surface area contributed by atoms with Gasteiger partial charge in [0, 0.05) is 47.4 Å². The lowest BCUT2D eigenvalue weighted by atomic mass is 9.37. The predicted molar refractivity (Wildman–Crippen MR) is 194 cm³/mol. The first kappa shape index (κ1) is 35.2. The summed E-state index contributed by atoms with van der Waals surface area (Å²) in [5.41, 5.74) is -2.33. The van der Waals surface area contributed by atoms with Crippen molar-refractivity contribution in [3.05, 3.63) is 47.6 Å². The number of hydrogen-bond acceptors (Lipinski definition) is 8. The predicted octanol–water partition coefficient (Wildman–Crippen LogP) is 5.00. The molecule has 1 aromatic rings. The van der Waals surface area contributed by atoms with Gasteiger partial charge in [-0.05, 0) is 123 Å². The van der Waals surface area contributed by atoms with Crippen LogP contribution in [0, 0.1) is 51.8 Å². The number of phenols is 1. The average Bonchev–Trinajstić information content (AvgIpc) is 3.60. The first-order chi connectivity index (χ1) is 24.6. The van der Waals surface area contributed by atoms with E-state index in [0.29, 0.717) is 69.5 Å². The van der Waals surface area contributed by atoms with Gasteiger partial charge in [0.25, 0.3) is 0 Å². The molecule has 4 saturated carbocycles. The number of aliphatic hydroxyl groups excluding tert-OH is 2. The number of rotatable bonds is 7. The normalized spacial score (nSPS) is 47.9. The van der Waals surface area contributed by atoms with Crippen molar-refractivity contribution in [3.8, 4) is 5.75 Å². The van der Waals surface area contributed by atoms with Gasteiger partial charge in [0.1, 0.15) is 17.5 Å². The summed E-state index contributed by atoms with van der Waals surface area (Å²) in [6.07, 6.45) is 9.80. The number of ether oxygens (including phenoxy) is 1. The number of aromatic hydroxyl groups is 1.